The van der Waals surface area contributed by atoms with E-state index < -0.39 is 11.9 Å². The zero-order valence-electron chi connectivity index (χ0n) is 10.4. The maximum Gasteiger partial charge on any atom is 0.307 e. The van der Waals surface area contributed by atoms with Gasteiger partial charge in [0.05, 0.1) is 18.4 Å². The largest absolute Gasteiger partial charge is 0.481 e. The predicted molar refractivity (Wildman–Crippen MR) is 62.3 cm³/mol. The van der Waals surface area contributed by atoms with E-state index >= 15 is 0 Å². The molecule has 1 saturated carbocycles. The summed E-state index contributed by atoms with van der Waals surface area (Å²) in [6.07, 6.45) is 2.01. The number of aliphatic hydroxyl groups is 1. The van der Waals surface area contributed by atoms with Crippen molar-refractivity contribution < 1.29 is 19.8 Å². The standard InChI is InChI=1S/C12H21NO4/c1-3-12(4-2,7-14)6-13-10(15)8-5-9(8)11(16)17/h8-9,14H,3-7H2,1-2H3,(H,13,15)(H,16,17). The molecule has 1 aliphatic rings. The normalized spacial score (nSPS) is 23.2. The van der Waals surface area contributed by atoms with Gasteiger partial charge in [0.2, 0.25) is 5.91 Å². The molecule has 0 heterocycles. The monoisotopic (exact) mass is 243 g/mol. The molecular weight excluding hydrogens is 222 g/mol. The van der Waals surface area contributed by atoms with Crippen molar-refractivity contribution in [3.05, 3.63) is 0 Å². The second-order valence-corrected chi connectivity index (χ2v) is 4.87. The van der Waals surface area contributed by atoms with Crippen LogP contribution in [0.1, 0.15) is 33.1 Å². The molecule has 5 nitrogen and oxygen atoms in total. The Morgan fingerprint density at radius 2 is 1.88 bits per heavy atom. The van der Waals surface area contributed by atoms with Gasteiger partial charge in [-0.25, -0.2) is 0 Å². The van der Waals surface area contributed by atoms with Crippen LogP contribution in [-0.4, -0.2) is 35.2 Å². The fourth-order valence-electron chi connectivity index (χ4n) is 1.94. The van der Waals surface area contributed by atoms with Crippen LogP contribution in [0.25, 0.3) is 0 Å². The van der Waals surface area contributed by atoms with Crippen LogP contribution in [0.15, 0.2) is 0 Å². The minimum Gasteiger partial charge on any atom is -0.481 e. The second kappa shape index (κ2) is 5.49. The maximum absolute atomic E-state index is 11.7. The summed E-state index contributed by atoms with van der Waals surface area (Å²) in [6, 6.07) is 0. The van der Waals surface area contributed by atoms with Crippen molar-refractivity contribution in [1.82, 2.24) is 5.32 Å². The van der Waals surface area contributed by atoms with Crippen molar-refractivity contribution in [2.45, 2.75) is 33.1 Å². The summed E-state index contributed by atoms with van der Waals surface area (Å²) in [5.41, 5.74) is -0.275. The lowest BCUT2D eigenvalue weighted by molar-refractivity contribution is -0.140. The van der Waals surface area contributed by atoms with E-state index in [1.165, 1.54) is 0 Å². The molecule has 17 heavy (non-hydrogen) atoms. The van der Waals surface area contributed by atoms with E-state index in [1.807, 2.05) is 13.8 Å². The highest BCUT2D eigenvalue weighted by atomic mass is 16.4. The van der Waals surface area contributed by atoms with Crippen LogP contribution >= 0.6 is 0 Å². The first-order valence-corrected chi connectivity index (χ1v) is 6.11. The first-order chi connectivity index (χ1) is 7.99. The van der Waals surface area contributed by atoms with Gasteiger partial charge in [-0.1, -0.05) is 13.8 Å². The second-order valence-electron chi connectivity index (χ2n) is 4.87. The first kappa shape index (κ1) is 14.0. The molecule has 1 amide bonds. The van der Waals surface area contributed by atoms with Gasteiger partial charge in [0, 0.05) is 12.0 Å². The number of nitrogens with one attached hydrogen (secondary N) is 1. The number of aliphatic hydroxyl groups excluding tert-OH is 1. The van der Waals surface area contributed by atoms with Gasteiger partial charge in [-0.2, -0.15) is 0 Å². The number of amides is 1. The van der Waals surface area contributed by atoms with Crippen molar-refractivity contribution in [3.8, 4) is 0 Å². The zero-order valence-corrected chi connectivity index (χ0v) is 10.4. The Morgan fingerprint density at radius 1 is 1.29 bits per heavy atom. The molecule has 0 aromatic rings. The number of aliphatic carboxylic acids is 1. The van der Waals surface area contributed by atoms with Gasteiger partial charge < -0.3 is 15.5 Å². The molecule has 98 valence electrons. The summed E-state index contributed by atoms with van der Waals surface area (Å²) in [7, 11) is 0. The number of hydrogen-bond donors (Lipinski definition) is 3. The van der Waals surface area contributed by atoms with E-state index in [4.69, 9.17) is 5.11 Å². The third-order valence-electron chi connectivity index (χ3n) is 3.92. The summed E-state index contributed by atoms with van der Waals surface area (Å²) in [4.78, 5) is 22.3. The Bertz CT molecular complexity index is 291. The topological polar surface area (TPSA) is 86.6 Å². The lowest BCUT2D eigenvalue weighted by Gasteiger charge is -2.29. The van der Waals surface area contributed by atoms with E-state index in [0.29, 0.717) is 13.0 Å². The van der Waals surface area contributed by atoms with Crippen LogP contribution in [0, 0.1) is 17.3 Å². The lowest BCUT2D eigenvalue weighted by Crippen LogP contribution is -2.40. The summed E-state index contributed by atoms with van der Waals surface area (Å²) in [6.45, 7) is 4.40. The highest BCUT2D eigenvalue weighted by Crippen LogP contribution is 2.38. The number of carboxylic acid groups (broad SMARTS) is 1. The van der Waals surface area contributed by atoms with Crippen molar-refractivity contribution in [3.63, 3.8) is 0 Å². The van der Waals surface area contributed by atoms with E-state index in [0.717, 1.165) is 12.8 Å². The Morgan fingerprint density at radius 3 is 2.24 bits per heavy atom. The molecular formula is C12H21NO4. The quantitative estimate of drug-likeness (QED) is 0.612. The highest BCUT2D eigenvalue weighted by Gasteiger charge is 2.48. The zero-order chi connectivity index (χ0) is 13.1. The van der Waals surface area contributed by atoms with Crippen molar-refractivity contribution in [1.29, 1.82) is 0 Å². The average Bonchev–Trinajstić information content (AvgIpc) is 3.11. The molecule has 3 N–H and O–H groups in total. The van der Waals surface area contributed by atoms with Gasteiger partial charge in [0.15, 0.2) is 0 Å². The fourth-order valence-corrected chi connectivity index (χ4v) is 1.94. The van der Waals surface area contributed by atoms with Crippen molar-refractivity contribution >= 4 is 11.9 Å². The first-order valence-electron chi connectivity index (χ1n) is 6.11. The number of rotatable bonds is 7. The molecule has 5 heteroatoms. The average molecular weight is 243 g/mol. The Balaban J connectivity index is 2.41. The van der Waals surface area contributed by atoms with Gasteiger partial charge in [0.25, 0.3) is 0 Å². The molecule has 0 saturated heterocycles. The number of carbonyl (C=O) groups excluding carboxylic acids is 1. The molecule has 0 aliphatic heterocycles. The highest BCUT2D eigenvalue weighted by molar-refractivity contribution is 5.89. The molecule has 1 aliphatic carbocycles. The van der Waals surface area contributed by atoms with Gasteiger partial charge in [-0.3, -0.25) is 9.59 Å². The molecule has 1 fully saturated rings. The Hall–Kier alpha value is -1.10. The van der Waals surface area contributed by atoms with E-state index in [9.17, 15) is 14.7 Å². The number of carboxylic acids is 1. The Kier molecular flexibility index (Phi) is 4.51. The van der Waals surface area contributed by atoms with Crippen LogP contribution in [0.3, 0.4) is 0 Å². The van der Waals surface area contributed by atoms with E-state index in [-0.39, 0.29) is 23.8 Å². The van der Waals surface area contributed by atoms with Crippen LogP contribution in [0.2, 0.25) is 0 Å². The molecule has 0 bridgehead atoms. The van der Waals surface area contributed by atoms with Crippen LogP contribution in [0.5, 0.6) is 0 Å². The minimum absolute atomic E-state index is 0.0350. The van der Waals surface area contributed by atoms with Crippen molar-refractivity contribution in [2.75, 3.05) is 13.2 Å². The lowest BCUT2D eigenvalue weighted by atomic mass is 9.83. The molecule has 1 rings (SSSR count). The molecule has 0 aromatic carbocycles. The van der Waals surface area contributed by atoms with Crippen LogP contribution in [-0.2, 0) is 9.59 Å². The summed E-state index contributed by atoms with van der Waals surface area (Å²) >= 11 is 0. The predicted octanol–water partition coefficient (Wildman–Crippen LogP) is 0.622. The van der Waals surface area contributed by atoms with Gasteiger partial charge in [-0.05, 0) is 19.3 Å². The van der Waals surface area contributed by atoms with Gasteiger partial charge >= 0.3 is 5.97 Å². The Labute approximate surface area is 101 Å². The van der Waals surface area contributed by atoms with Gasteiger partial charge in [0.1, 0.15) is 0 Å². The van der Waals surface area contributed by atoms with E-state index in [1.54, 1.807) is 0 Å². The SMILES string of the molecule is CCC(CC)(CO)CNC(=O)C1CC1C(=O)O. The summed E-state index contributed by atoms with van der Waals surface area (Å²) < 4.78 is 0. The van der Waals surface area contributed by atoms with Crippen LogP contribution < -0.4 is 5.32 Å². The fraction of sp³-hybridized carbons (Fsp3) is 0.833. The molecule has 0 radical (unpaired) electrons. The smallest absolute Gasteiger partial charge is 0.307 e. The number of carbonyl (C=O) groups is 2. The molecule has 0 spiro atoms. The van der Waals surface area contributed by atoms with Gasteiger partial charge in [-0.15, -0.1) is 0 Å². The summed E-state index contributed by atoms with van der Waals surface area (Å²) in [5.74, 6) is -1.99. The maximum atomic E-state index is 11.7. The molecule has 0 aromatic heterocycles. The van der Waals surface area contributed by atoms with Crippen LogP contribution in [0.4, 0.5) is 0 Å². The molecule has 2 atom stereocenters. The number of hydrogen-bond acceptors (Lipinski definition) is 3. The molecule has 2 unspecified atom stereocenters. The third kappa shape index (κ3) is 3.19. The van der Waals surface area contributed by atoms with Crippen molar-refractivity contribution in [2.24, 2.45) is 17.3 Å². The summed E-state index contributed by atoms with van der Waals surface area (Å²) in [5, 5.41) is 20.8. The minimum atomic E-state index is -0.899. The third-order valence-corrected chi connectivity index (χ3v) is 3.92. The van der Waals surface area contributed by atoms with E-state index in [2.05, 4.69) is 5.32 Å².